The van der Waals surface area contributed by atoms with Crippen LogP contribution >= 0.6 is 24.0 Å². The third-order valence-corrected chi connectivity index (χ3v) is 6.28. The van der Waals surface area contributed by atoms with E-state index in [0.29, 0.717) is 12.6 Å². The van der Waals surface area contributed by atoms with E-state index in [1.54, 1.807) is 0 Å². The smallest absolute Gasteiger partial charge is 0.191 e. The van der Waals surface area contributed by atoms with Gasteiger partial charge in [0.2, 0.25) is 0 Å². The number of nitrogens with zero attached hydrogens (tertiary/aromatic N) is 3. The van der Waals surface area contributed by atoms with Crippen LogP contribution in [0.4, 0.5) is 4.39 Å². The number of aliphatic imine (C=N–C) groups is 1. The third kappa shape index (κ3) is 8.47. The van der Waals surface area contributed by atoms with E-state index in [1.807, 2.05) is 19.2 Å². The molecule has 0 aromatic heterocycles. The molecule has 31 heavy (non-hydrogen) atoms. The number of benzene rings is 1. The molecule has 2 fully saturated rings. The largest absolute Gasteiger partial charge is 0.379 e. The highest BCUT2D eigenvalue weighted by molar-refractivity contribution is 14.0. The van der Waals surface area contributed by atoms with E-state index in [-0.39, 0.29) is 35.8 Å². The molecule has 0 amide bonds. The molecule has 0 spiro atoms. The Hall–Kier alpha value is -0.970. The molecule has 1 aromatic rings. The Balaban J connectivity index is 0.00000341. The second kappa shape index (κ2) is 14.2. The highest BCUT2D eigenvalue weighted by Gasteiger charge is 2.23. The van der Waals surface area contributed by atoms with Crippen LogP contribution in [0.5, 0.6) is 0 Å². The van der Waals surface area contributed by atoms with Gasteiger partial charge in [-0.25, -0.2) is 4.39 Å². The van der Waals surface area contributed by atoms with Crippen LogP contribution in [0.3, 0.4) is 0 Å². The van der Waals surface area contributed by atoms with Crippen molar-refractivity contribution >= 4 is 29.9 Å². The van der Waals surface area contributed by atoms with Crippen LogP contribution in [-0.2, 0) is 4.74 Å². The van der Waals surface area contributed by atoms with E-state index in [1.165, 1.54) is 37.9 Å². The monoisotopic (exact) mass is 547 g/mol. The molecular weight excluding hydrogens is 508 g/mol. The molecule has 2 atom stereocenters. The normalized spacial score (nSPS) is 21.9. The SMILES string of the molecule is CN=C(NCCCN1CCCCC1C)NCC(c1ccc(F)cc1)N1CCOCC1.I. The molecule has 0 saturated carbocycles. The second-order valence-electron chi connectivity index (χ2n) is 8.33. The van der Waals surface area contributed by atoms with Gasteiger partial charge in [-0.3, -0.25) is 9.89 Å². The van der Waals surface area contributed by atoms with Crippen LogP contribution in [0, 0.1) is 5.82 Å². The van der Waals surface area contributed by atoms with Gasteiger partial charge in [0.1, 0.15) is 5.82 Å². The van der Waals surface area contributed by atoms with Crippen molar-refractivity contribution in [2.45, 2.75) is 44.7 Å². The van der Waals surface area contributed by atoms with Gasteiger partial charge in [0, 0.05) is 45.8 Å². The number of hydrogen-bond donors (Lipinski definition) is 2. The fourth-order valence-corrected chi connectivity index (χ4v) is 4.42. The molecule has 0 radical (unpaired) electrons. The summed E-state index contributed by atoms with van der Waals surface area (Å²) in [5.74, 6) is 0.620. The number of halogens is 2. The summed E-state index contributed by atoms with van der Waals surface area (Å²) in [6.45, 7) is 9.56. The first-order chi connectivity index (χ1) is 14.7. The Bertz CT molecular complexity index is 654. The van der Waals surface area contributed by atoms with Gasteiger partial charge >= 0.3 is 0 Å². The van der Waals surface area contributed by atoms with E-state index >= 15 is 0 Å². The van der Waals surface area contributed by atoms with E-state index in [9.17, 15) is 4.39 Å². The summed E-state index contributed by atoms with van der Waals surface area (Å²) in [4.78, 5) is 9.39. The van der Waals surface area contributed by atoms with Crippen LogP contribution in [0.15, 0.2) is 29.3 Å². The van der Waals surface area contributed by atoms with E-state index < -0.39 is 0 Å². The summed E-state index contributed by atoms with van der Waals surface area (Å²) in [6.07, 6.45) is 5.12. The van der Waals surface area contributed by atoms with Gasteiger partial charge in [0.15, 0.2) is 5.96 Å². The van der Waals surface area contributed by atoms with Crippen molar-refractivity contribution in [1.82, 2.24) is 20.4 Å². The average molecular weight is 548 g/mol. The lowest BCUT2D eigenvalue weighted by atomic mass is 10.0. The third-order valence-electron chi connectivity index (χ3n) is 6.28. The summed E-state index contributed by atoms with van der Waals surface area (Å²) in [6, 6.07) is 7.71. The Morgan fingerprint density at radius 3 is 2.58 bits per heavy atom. The zero-order chi connectivity index (χ0) is 21.2. The molecule has 6 nitrogen and oxygen atoms in total. The Morgan fingerprint density at radius 2 is 1.90 bits per heavy atom. The van der Waals surface area contributed by atoms with Gasteiger partial charge in [0.05, 0.1) is 19.3 Å². The average Bonchev–Trinajstić information content (AvgIpc) is 2.78. The van der Waals surface area contributed by atoms with E-state index in [2.05, 4.69) is 32.3 Å². The molecule has 0 aliphatic carbocycles. The first-order valence-electron chi connectivity index (χ1n) is 11.4. The fourth-order valence-electron chi connectivity index (χ4n) is 4.42. The van der Waals surface area contributed by atoms with Crippen molar-refractivity contribution in [2.24, 2.45) is 4.99 Å². The van der Waals surface area contributed by atoms with Gasteiger partial charge < -0.3 is 20.3 Å². The summed E-state index contributed by atoms with van der Waals surface area (Å²) in [5.41, 5.74) is 1.11. The molecule has 176 valence electrons. The molecule has 2 aliphatic heterocycles. The Kier molecular flexibility index (Phi) is 12.1. The summed E-state index contributed by atoms with van der Waals surface area (Å²) in [5, 5.41) is 6.93. The van der Waals surface area contributed by atoms with Crippen molar-refractivity contribution in [1.29, 1.82) is 0 Å². The van der Waals surface area contributed by atoms with Crippen molar-refractivity contribution in [2.75, 3.05) is 59.5 Å². The van der Waals surface area contributed by atoms with E-state index in [4.69, 9.17) is 4.74 Å². The highest BCUT2D eigenvalue weighted by atomic mass is 127. The fraction of sp³-hybridized carbons (Fsp3) is 0.696. The molecule has 2 heterocycles. The molecule has 1 aromatic carbocycles. The topological polar surface area (TPSA) is 52.1 Å². The lowest BCUT2D eigenvalue weighted by Gasteiger charge is -2.35. The van der Waals surface area contributed by atoms with Gasteiger partial charge in [-0.2, -0.15) is 0 Å². The minimum absolute atomic E-state index is 0. The molecule has 0 bridgehead atoms. The molecule has 2 unspecified atom stereocenters. The van der Waals surface area contributed by atoms with Crippen LogP contribution in [0.2, 0.25) is 0 Å². The van der Waals surface area contributed by atoms with Crippen molar-refractivity contribution in [3.05, 3.63) is 35.6 Å². The first kappa shape index (κ1) is 26.3. The lowest BCUT2D eigenvalue weighted by molar-refractivity contribution is 0.0170. The molecule has 2 saturated heterocycles. The van der Waals surface area contributed by atoms with E-state index in [0.717, 1.165) is 57.3 Å². The van der Waals surface area contributed by atoms with Gasteiger partial charge in [-0.05, 0) is 50.4 Å². The minimum Gasteiger partial charge on any atom is -0.379 e. The predicted molar refractivity (Wildman–Crippen MR) is 136 cm³/mol. The first-order valence-corrected chi connectivity index (χ1v) is 11.4. The second-order valence-corrected chi connectivity index (χ2v) is 8.33. The number of guanidine groups is 1. The van der Waals surface area contributed by atoms with Gasteiger partial charge in [0.25, 0.3) is 0 Å². The molecule has 2 N–H and O–H groups in total. The molecule has 2 aliphatic rings. The summed E-state index contributed by atoms with van der Waals surface area (Å²) >= 11 is 0. The standard InChI is InChI=1S/C23H38FN5O.HI/c1-19-6-3-4-12-28(19)13-5-11-26-23(25-2)27-18-22(29-14-16-30-17-15-29)20-7-9-21(24)10-8-20;/h7-10,19,22H,3-6,11-18H2,1-2H3,(H2,25,26,27);1H. The van der Waals surface area contributed by atoms with Crippen LogP contribution < -0.4 is 10.6 Å². The zero-order valence-electron chi connectivity index (χ0n) is 19.0. The maximum atomic E-state index is 13.4. The Morgan fingerprint density at radius 1 is 1.16 bits per heavy atom. The summed E-state index contributed by atoms with van der Waals surface area (Å²) < 4.78 is 18.9. The maximum Gasteiger partial charge on any atom is 0.191 e. The van der Waals surface area contributed by atoms with Gasteiger partial charge in [-0.1, -0.05) is 18.6 Å². The number of morpholine rings is 1. The maximum absolute atomic E-state index is 13.4. The van der Waals surface area contributed by atoms with Crippen LogP contribution in [0.1, 0.15) is 44.2 Å². The van der Waals surface area contributed by atoms with Crippen LogP contribution in [-0.4, -0.2) is 81.3 Å². The lowest BCUT2D eigenvalue weighted by Crippen LogP contribution is -2.46. The van der Waals surface area contributed by atoms with Crippen molar-refractivity contribution < 1.29 is 9.13 Å². The van der Waals surface area contributed by atoms with Crippen molar-refractivity contribution in [3.8, 4) is 0 Å². The number of ether oxygens (including phenoxy) is 1. The highest BCUT2D eigenvalue weighted by Crippen LogP contribution is 2.21. The quantitative estimate of drug-likeness (QED) is 0.227. The summed E-state index contributed by atoms with van der Waals surface area (Å²) in [7, 11) is 1.81. The minimum atomic E-state index is -0.201. The molecular formula is C23H39FIN5O. The predicted octanol–water partition coefficient (Wildman–Crippen LogP) is 3.25. The number of hydrogen-bond acceptors (Lipinski definition) is 4. The number of nitrogens with one attached hydrogen (secondary N) is 2. The number of piperidine rings is 1. The molecule has 3 rings (SSSR count). The van der Waals surface area contributed by atoms with Gasteiger partial charge in [-0.15, -0.1) is 24.0 Å². The zero-order valence-corrected chi connectivity index (χ0v) is 21.3. The number of rotatable bonds is 8. The molecule has 8 heteroatoms. The van der Waals surface area contributed by atoms with Crippen LogP contribution in [0.25, 0.3) is 0 Å². The Labute approximate surface area is 204 Å². The number of likely N-dealkylation sites (tertiary alicyclic amines) is 1. The van der Waals surface area contributed by atoms with Crippen molar-refractivity contribution in [3.63, 3.8) is 0 Å².